The van der Waals surface area contributed by atoms with Gasteiger partial charge < -0.3 is 30.4 Å². The van der Waals surface area contributed by atoms with E-state index in [4.69, 9.17) is 19.9 Å². The van der Waals surface area contributed by atoms with Crippen molar-refractivity contribution in [1.82, 2.24) is 5.32 Å². The summed E-state index contributed by atoms with van der Waals surface area (Å²) in [6, 6.07) is 0.0690. The normalized spacial score (nSPS) is 22.9. The molecule has 1 unspecified atom stereocenters. The van der Waals surface area contributed by atoms with Gasteiger partial charge in [-0.1, -0.05) is 6.92 Å². The molecule has 1 saturated heterocycles. The second-order valence-electron chi connectivity index (χ2n) is 7.44. The van der Waals surface area contributed by atoms with Gasteiger partial charge in [0.15, 0.2) is 0 Å². The molecular formula is C20H38N2O6. The summed E-state index contributed by atoms with van der Waals surface area (Å²) in [5.74, 6) is 0.137. The number of ketones is 1. The molecule has 4 N–H and O–H groups in total. The van der Waals surface area contributed by atoms with Crippen molar-refractivity contribution >= 4 is 11.7 Å². The number of aliphatic hydroxyl groups excluding tert-OH is 1. The van der Waals surface area contributed by atoms with Gasteiger partial charge in [0, 0.05) is 38.5 Å². The molecule has 1 aliphatic heterocycles. The highest BCUT2D eigenvalue weighted by molar-refractivity contribution is 5.78. The summed E-state index contributed by atoms with van der Waals surface area (Å²) in [5.41, 5.74) is 5.62. The molecule has 0 aliphatic carbocycles. The summed E-state index contributed by atoms with van der Waals surface area (Å²) < 4.78 is 16.5. The van der Waals surface area contributed by atoms with Crippen molar-refractivity contribution in [3.8, 4) is 0 Å². The van der Waals surface area contributed by atoms with Crippen LogP contribution in [0.5, 0.6) is 0 Å². The van der Waals surface area contributed by atoms with E-state index < -0.39 is 6.10 Å². The van der Waals surface area contributed by atoms with Gasteiger partial charge in [0.05, 0.1) is 44.6 Å². The van der Waals surface area contributed by atoms with Gasteiger partial charge in [-0.3, -0.25) is 9.59 Å². The monoisotopic (exact) mass is 402 g/mol. The van der Waals surface area contributed by atoms with E-state index in [1.807, 2.05) is 13.8 Å². The fourth-order valence-electron chi connectivity index (χ4n) is 3.06. The summed E-state index contributed by atoms with van der Waals surface area (Å²) in [6.07, 6.45) is 3.20. The van der Waals surface area contributed by atoms with Gasteiger partial charge in [-0.2, -0.15) is 0 Å². The Labute approximate surface area is 168 Å². The predicted molar refractivity (Wildman–Crippen MR) is 106 cm³/mol. The van der Waals surface area contributed by atoms with Gasteiger partial charge in [-0.25, -0.2) is 0 Å². The van der Waals surface area contributed by atoms with Crippen molar-refractivity contribution in [2.24, 2.45) is 5.73 Å². The van der Waals surface area contributed by atoms with E-state index >= 15 is 0 Å². The zero-order valence-electron chi connectivity index (χ0n) is 17.4. The van der Waals surface area contributed by atoms with E-state index in [1.165, 1.54) is 0 Å². The molecule has 0 radical (unpaired) electrons. The van der Waals surface area contributed by atoms with E-state index in [-0.39, 0.29) is 36.4 Å². The lowest BCUT2D eigenvalue weighted by Gasteiger charge is -2.12. The Bertz CT molecular complexity index is 446. The summed E-state index contributed by atoms with van der Waals surface area (Å²) in [4.78, 5) is 23.4. The number of nitrogens with two attached hydrogens (primary N) is 1. The molecule has 0 bridgehead atoms. The quantitative estimate of drug-likeness (QED) is 0.329. The van der Waals surface area contributed by atoms with E-state index in [0.717, 1.165) is 12.8 Å². The number of nitrogens with one attached hydrogen (secondary N) is 1. The van der Waals surface area contributed by atoms with Gasteiger partial charge in [0.2, 0.25) is 5.91 Å². The lowest BCUT2D eigenvalue weighted by Crippen LogP contribution is -2.30. The third kappa shape index (κ3) is 11.7. The number of Topliss-reactive ketones (excluding diaryl/α,β-unsaturated/α-hetero) is 1. The van der Waals surface area contributed by atoms with Crippen LogP contribution in [0.3, 0.4) is 0 Å². The average Bonchev–Trinajstić information content (AvgIpc) is 3.00. The third-order valence-electron chi connectivity index (χ3n) is 4.68. The van der Waals surface area contributed by atoms with Crippen LogP contribution in [0.2, 0.25) is 0 Å². The minimum Gasteiger partial charge on any atom is -0.390 e. The number of amides is 1. The van der Waals surface area contributed by atoms with Crippen LogP contribution in [0.1, 0.15) is 58.8 Å². The second kappa shape index (κ2) is 14.9. The minimum absolute atomic E-state index is 0.0690. The van der Waals surface area contributed by atoms with Crippen molar-refractivity contribution in [3.05, 3.63) is 0 Å². The molecule has 0 aromatic rings. The average molecular weight is 403 g/mol. The number of aliphatic hydroxyl groups is 1. The molecule has 0 aromatic carbocycles. The Hall–Kier alpha value is -1.06. The Morgan fingerprint density at radius 3 is 2.57 bits per heavy atom. The number of rotatable bonds is 16. The number of ether oxygens (including phenoxy) is 3. The molecule has 1 rings (SSSR count). The first-order valence-corrected chi connectivity index (χ1v) is 10.4. The first-order valence-electron chi connectivity index (χ1n) is 10.4. The molecule has 1 aliphatic rings. The maximum absolute atomic E-state index is 11.9. The van der Waals surface area contributed by atoms with Gasteiger partial charge >= 0.3 is 0 Å². The minimum atomic E-state index is -0.473. The van der Waals surface area contributed by atoms with Crippen LogP contribution in [0.4, 0.5) is 0 Å². The number of carbonyl (C=O) groups is 2. The second-order valence-corrected chi connectivity index (χ2v) is 7.44. The van der Waals surface area contributed by atoms with Gasteiger partial charge in [-0.15, -0.1) is 0 Å². The van der Waals surface area contributed by atoms with Crippen LogP contribution < -0.4 is 11.1 Å². The van der Waals surface area contributed by atoms with E-state index in [9.17, 15) is 14.7 Å². The van der Waals surface area contributed by atoms with Crippen LogP contribution in [-0.4, -0.2) is 74.1 Å². The Kier molecular flexibility index (Phi) is 13.3. The maximum atomic E-state index is 11.9. The van der Waals surface area contributed by atoms with Crippen LogP contribution >= 0.6 is 0 Å². The van der Waals surface area contributed by atoms with E-state index in [2.05, 4.69) is 5.32 Å². The van der Waals surface area contributed by atoms with Crippen LogP contribution in [0, 0.1) is 0 Å². The highest BCUT2D eigenvalue weighted by Crippen LogP contribution is 2.24. The Morgan fingerprint density at radius 2 is 1.93 bits per heavy atom. The van der Waals surface area contributed by atoms with Crippen molar-refractivity contribution in [2.45, 2.75) is 83.1 Å². The smallest absolute Gasteiger partial charge is 0.222 e. The molecule has 1 heterocycles. The SMILES string of the molecule is CC[C@H]1O[C@H](CC(=O)NCCOCCOCCCC(=O)CC[C@@H](C)N)CC1O. The van der Waals surface area contributed by atoms with Crippen molar-refractivity contribution < 1.29 is 28.9 Å². The number of hydrogen-bond acceptors (Lipinski definition) is 7. The molecular weight excluding hydrogens is 364 g/mol. The van der Waals surface area contributed by atoms with Crippen molar-refractivity contribution in [2.75, 3.05) is 33.0 Å². The molecule has 28 heavy (non-hydrogen) atoms. The lowest BCUT2D eigenvalue weighted by molar-refractivity contribution is -0.124. The molecule has 0 spiro atoms. The van der Waals surface area contributed by atoms with Crippen LogP contribution in [-0.2, 0) is 23.8 Å². The summed E-state index contributed by atoms with van der Waals surface area (Å²) in [6.45, 7) is 6.16. The van der Waals surface area contributed by atoms with Crippen LogP contribution in [0.15, 0.2) is 0 Å². The zero-order chi connectivity index (χ0) is 20.8. The number of hydrogen-bond donors (Lipinski definition) is 3. The predicted octanol–water partition coefficient (Wildman–Crippen LogP) is 0.931. The standard InChI is InChI=1S/C20H38N2O6/c1-3-19-18(24)13-17(28-19)14-20(25)22-8-10-27-12-11-26-9-4-5-16(23)7-6-15(2)21/h15,17-19,24H,3-14,21H2,1-2H3,(H,22,25)/t15-,17+,18?,19-/m1/s1. The molecule has 164 valence electrons. The lowest BCUT2D eigenvalue weighted by atomic mass is 10.1. The fraction of sp³-hybridized carbons (Fsp3) is 0.900. The highest BCUT2D eigenvalue weighted by Gasteiger charge is 2.33. The molecule has 4 atom stereocenters. The van der Waals surface area contributed by atoms with Crippen molar-refractivity contribution in [1.29, 1.82) is 0 Å². The number of carbonyl (C=O) groups excluding carboxylic acids is 2. The largest absolute Gasteiger partial charge is 0.390 e. The Balaban J connectivity index is 1.87. The third-order valence-corrected chi connectivity index (χ3v) is 4.68. The van der Waals surface area contributed by atoms with Crippen molar-refractivity contribution in [3.63, 3.8) is 0 Å². The van der Waals surface area contributed by atoms with Crippen LogP contribution in [0.25, 0.3) is 0 Å². The molecule has 1 amide bonds. The van der Waals surface area contributed by atoms with Gasteiger partial charge in [-0.05, 0) is 26.2 Å². The topological polar surface area (TPSA) is 120 Å². The maximum Gasteiger partial charge on any atom is 0.222 e. The zero-order valence-corrected chi connectivity index (χ0v) is 17.4. The van der Waals surface area contributed by atoms with Gasteiger partial charge in [0.1, 0.15) is 5.78 Å². The fourth-order valence-corrected chi connectivity index (χ4v) is 3.06. The molecule has 8 heteroatoms. The molecule has 0 aromatic heterocycles. The summed E-state index contributed by atoms with van der Waals surface area (Å²) in [7, 11) is 0. The van der Waals surface area contributed by atoms with E-state index in [0.29, 0.717) is 58.7 Å². The molecule has 1 fully saturated rings. The first kappa shape index (κ1) is 25.0. The summed E-state index contributed by atoms with van der Waals surface area (Å²) >= 11 is 0. The van der Waals surface area contributed by atoms with E-state index in [1.54, 1.807) is 0 Å². The molecule has 8 nitrogen and oxygen atoms in total. The molecule has 0 saturated carbocycles. The van der Waals surface area contributed by atoms with Gasteiger partial charge in [0.25, 0.3) is 0 Å². The summed E-state index contributed by atoms with van der Waals surface area (Å²) in [5, 5.41) is 12.6. The highest BCUT2D eigenvalue weighted by atomic mass is 16.5. The Morgan fingerprint density at radius 1 is 1.21 bits per heavy atom. The first-order chi connectivity index (χ1) is 13.4.